The minimum Gasteiger partial charge on any atom is -0.497 e. The zero-order valence-electron chi connectivity index (χ0n) is 12.3. The van der Waals surface area contributed by atoms with Crippen LogP contribution in [0, 0.1) is 0 Å². The third kappa shape index (κ3) is 6.46. The van der Waals surface area contributed by atoms with Crippen molar-refractivity contribution < 1.29 is 14.3 Å². The van der Waals surface area contributed by atoms with Crippen LogP contribution in [-0.2, 0) is 4.79 Å². The molecule has 0 aliphatic rings. The van der Waals surface area contributed by atoms with E-state index in [0.29, 0.717) is 0 Å². The van der Waals surface area contributed by atoms with Crippen LogP contribution in [0.15, 0.2) is 36.4 Å². The Morgan fingerprint density at radius 2 is 1.79 bits per heavy atom. The lowest BCUT2D eigenvalue weighted by molar-refractivity contribution is -0.112. The van der Waals surface area contributed by atoms with E-state index in [9.17, 15) is 4.79 Å². The van der Waals surface area contributed by atoms with Crippen molar-refractivity contribution in [2.24, 2.45) is 0 Å². The van der Waals surface area contributed by atoms with Crippen molar-refractivity contribution in [3.8, 4) is 11.5 Å². The summed E-state index contributed by atoms with van der Waals surface area (Å²) in [5.41, 5.74) is 0.903. The topological polar surface area (TPSA) is 35.5 Å². The van der Waals surface area contributed by atoms with Crippen LogP contribution in [0.3, 0.4) is 0 Å². The summed E-state index contributed by atoms with van der Waals surface area (Å²) in [6.07, 6.45) is 6.85. The standard InChI is InChI=1S/C14H16O3.C2H6/c1-11(15)6-4-5-7-12-10-13(16-2)8-9-14(12)17-3;1-2/h4-10H,1-3H3;1-2H3/b6-4+,7-5+;. The van der Waals surface area contributed by atoms with Gasteiger partial charge in [0.2, 0.25) is 0 Å². The summed E-state index contributed by atoms with van der Waals surface area (Å²) in [6, 6.07) is 5.55. The minimum absolute atomic E-state index is 0.0206. The van der Waals surface area contributed by atoms with Crippen LogP contribution in [0.5, 0.6) is 11.5 Å². The molecule has 3 heteroatoms. The van der Waals surface area contributed by atoms with Gasteiger partial charge in [-0.15, -0.1) is 0 Å². The largest absolute Gasteiger partial charge is 0.497 e. The molecule has 0 amide bonds. The van der Waals surface area contributed by atoms with Gasteiger partial charge >= 0.3 is 0 Å². The van der Waals surface area contributed by atoms with Crippen LogP contribution in [0.25, 0.3) is 6.08 Å². The van der Waals surface area contributed by atoms with Gasteiger partial charge in [0.05, 0.1) is 14.2 Å². The second-order valence-electron chi connectivity index (χ2n) is 3.44. The van der Waals surface area contributed by atoms with E-state index in [1.54, 1.807) is 26.4 Å². The maximum absolute atomic E-state index is 10.7. The van der Waals surface area contributed by atoms with E-state index in [4.69, 9.17) is 9.47 Å². The number of hydrogen-bond acceptors (Lipinski definition) is 3. The number of allylic oxidation sites excluding steroid dienone is 3. The molecule has 0 atom stereocenters. The molecule has 0 unspecified atom stereocenters. The number of ketones is 1. The zero-order chi connectivity index (χ0) is 14.7. The molecule has 104 valence electrons. The van der Waals surface area contributed by atoms with E-state index < -0.39 is 0 Å². The van der Waals surface area contributed by atoms with E-state index in [-0.39, 0.29) is 5.78 Å². The molecule has 0 aromatic heterocycles. The van der Waals surface area contributed by atoms with Crippen LogP contribution in [0.1, 0.15) is 26.3 Å². The van der Waals surface area contributed by atoms with Gasteiger partial charge in [0.1, 0.15) is 11.5 Å². The number of hydrogen-bond donors (Lipinski definition) is 0. The number of rotatable bonds is 5. The molecule has 19 heavy (non-hydrogen) atoms. The molecule has 0 radical (unpaired) electrons. The molecule has 0 spiro atoms. The van der Waals surface area contributed by atoms with Gasteiger partial charge < -0.3 is 9.47 Å². The summed E-state index contributed by atoms with van der Waals surface area (Å²) in [4.78, 5) is 10.7. The van der Waals surface area contributed by atoms with Crippen LogP contribution < -0.4 is 9.47 Å². The van der Waals surface area contributed by atoms with Crippen molar-refractivity contribution >= 4 is 11.9 Å². The van der Waals surface area contributed by atoms with Gasteiger partial charge in [-0.1, -0.05) is 32.1 Å². The fourth-order valence-corrected chi connectivity index (χ4v) is 1.32. The Morgan fingerprint density at radius 1 is 1.11 bits per heavy atom. The van der Waals surface area contributed by atoms with Gasteiger partial charge in [0, 0.05) is 5.56 Å². The van der Waals surface area contributed by atoms with E-state index in [2.05, 4.69) is 0 Å². The van der Waals surface area contributed by atoms with Crippen molar-refractivity contribution in [2.75, 3.05) is 14.2 Å². The normalized spacial score (nSPS) is 10.2. The molecule has 0 N–H and O–H groups in total. The average Bonchev–Trinajstić information content (AvgIpc) is 2.45. The highest BCUT2D eigenvalue weighted by atomic mass is 16.5. The first-order valence-electron chi connectivity index (χ1n) is 6.24. The van der Waals surface area contributed by atoms with Gasteiger partial charge in [-0.25, -0.2) is 0 Å². The number of benzene rings is 1. The monoisotopic (exact) mass is 262 g/mol. The molecule has 0 saturated heterocycles. The molecule has 0 aliphatic carbocycles. The molecule has 3 nitrogen and oxygen atoms in total. The number of ether oxygens (including phenoxy) is 2. The van der Waals surface area contributed by atoms with E-state index in [1.165, 1.54) is 13.0 Å². The summed E-state index contributed by atoms with van der Waals surface area (Å²) in [5, 5.41) is 0. The molecule has 0 heterocycles. The second kappa shape index (κ2) is 9.95. The summed E-state index contributed by atoms with van der Waals surface area (Å²) < 4.78 is 10.4. The van der Waals surface area contributed by atoms with Crippen molar-refractivity contribution in [1.82, 2.24) is 0 Å². The molecule has 0 fully saturated rings. The molecule has 0 aliphatic heterocycles. The van der Waals surface area contributed by atoms with Gasteiger partial charge in [0.25, 0.3) is 0 Å². The fourth-order valence-electron chi connectivity index (χ4n) is 1.32. The number of carbonyl (C=O) groups is 1. The first-order valence-corrected chi connectivity index (χ1v) is 6.24. The summed E-state index contributed by atoms with van der Waals surface area (Å²) in [5.74, 6) is 1.55. The minimum atomic E-state index is 0.0206. The quantitative estimate of drug-likeness (QED) is 0.596. The number of methoxy groups -OCH3 is 2. The van der Waals surface area contributed by atoms with Crippen LogP contribution in [-0.4, -0.2) is 20.0 Å². The molecule has 0 bridgehead atoms. The predicted octanol–water partition coefficient (Wildman–Crippen LogP) is 3.89. The summed E-state index contributed by atoms with van der Waals surface area (Å²) >= 11 is 0. The summed E-state index contributed by atoms with van der Waals surface area (Å²) in [7, 11) is 3.23. The smallest absolute Gasteiger partial charge is 0.152 e. The Morgan fingerprint density at radius 3 is 2.32 bits per heavy atom. The first-order chi connectivity index (χ1) is 9.17. The van der Waals surface area contributed by atoms with E-state index >= 15 is 0 Å². The van der Waals surface area contributed by atoms with Crippen LogP contribution >= 0.6 is 0 Å². The lowest BCUT2D eigenvalue weighted by atomic mass is 10.1. The molecular weight excluding hydrogens is 240 g/mol. The Hall–Kier alpha value is -2.03. The maximum Gasteiger partial charge on any atom is 0.152 e. The lowest BCUT2D eigenvalue weighted by Crippen LogP contribution is -1.89. The first kappa shape index (κ1) is 17.0. The van der Waals surface area contributed by atoms with E-state index in [0.717, 1.165) is 17.1 Å². The maximum atomic E-state index is 10.7. The highest BCUT2D eigenvalue weighted by Crippen LogP contribution is 2.24. The summed E-state index contributed by atoms with van der Waals surface area (Å²) in [6.45, 7) is 5.51. The fraction of sp³-hybridized carbons (Fsp3) is 0.312. The average molecular weight is 262 g/mol. The van der Waals surface area contributed by atoms with Crippen molar-refractivity contribution in [1.29, 1.82) is 0 Å². The van der Waals surface area contributed by atoms with Crippen LogP contribution in [0.4, 0.5) is 0 Å². The Labute approximate surface area is 115 Å². The van der Waals surface area contributed by atoms with Crippen molar-refractivity contribution in [3.63, 3.8) is 0 Å². The molecule has 0 saturated carbocycles. The molecule has 1 rings (SSSR count). The Balaban J connectivity index is 0.00000154. The van der Waals surface area contributed by atoms with Gasteiger partial charge in [-0.05, 0) is 31.2 Å². The third-order valence-corrected chi connectivity index (χ3v) is 2.15. The highest BCUT2D eigenvalue weighted by molar-refractivity contribution is 5.87. The van der Waals surface area contributed by atoms with E-state index in [1.807, 2.05) is 38.1 Å². The Kier molecular flexibility index (Phi) is 8.88. The molecular formula is C16H22O3. The molecule has 1 aromatic carbocycles. The SMILES string of the molecule is CC.COc1ccc(OC)c(/C=C/C=C/C(C)=O)c1. The van der Waals surface area contributed by atoms with Gasteiger partial charge in [-0.2, -0.15) is 0 Å². The predicted molar refractivity (Wildman–Crippen MR) is 79.7 cm³/mol. The Bertz CT molecular complexity index is 445. The van der Waals surface area contributed by atoms with Gasteiger partial charge in [0.15, 0.2) is 5.78 Å². The third-order valence-electron chi connectivity index (χ3n) is 2.15. The number of carbonyl (C=O) groups excluding carboxylic acids is 1. The van der Waals surface area contributed by atoms with Gasteiger partial charge in [-0.3, -0.25) is 4.79 Å². The second-order valence-corrected chi connectivity index (χ2v) is 3.44. The van der Waals surface area contributed by atoms with Crippen LogP contribution in [0.2, 0.25) is 0 Å². The molecule has 1 aromatic rings. The zero-order valence-corrected chi connectivity index (χ0v) is 12.3. The van der Waals surface area contributed by atoms with Crippen molar-refractivity contribution in [2.45, 2.75) is 20.8 Å². The van der Waals surface area contributed by atoms with Crippen molar-refractivity contribution in [3.05, 3.63) is 42.0 Å². The highest BCUT2D eigenvalue weighted by Gasteiger charge is 2.00. The lowest BCUT2D eigenvalue weighted by Gasteiger charge is -2.06.